The van der Waals surface area contributed by atoms with Gasteiger partial charge in [-0.3, -0.25) is 9.78 Å². The highest BCUT2D eigenvalue weighted by molar-refractivity contribution is 5.80. The Morgan fingerprint density at radius 1 is 1.29 bits per heavy atom. The molecule has 3 aliphatic rings. The molecule has 0 radical (unpaired) electrons. The van der Waals surface area contributed by atoms with Gasteiger partial charge >= 0.3 is 12.1 Å². The van der Waals surface area contributed by atoms with Gasteiger partial charge in [0.15, 0.2) is 0 Å². The molecule has 1 N–H and O–H groups in total. The SMILES string of the molecule is Cc1cncc(COC2CCOC3(C2)CN(C(=O)C2CCC2)C3)c1.O=C(O)C(F)(F)F. The molecule has 1 atom stereocenters. The first kappa shape index (κ1) is 23.5. The summed E-state index contributed by atoms with van der Waals surface area (Å²) in [5.41, 5.74) is 2.11. The Bertz CT molecular complexity index is 791. The van der Waals surface area contributed by atoms with Crippen molar-refractivity contribution in [2.75, 3.05) is 19.7 Å². The van der Waals surface area contributed by atoms with Crippen molar-refractivity contribution in [3.05, 3.63) is 29.6 Å². The monoisotopic (exact) mass is 444 g/mol. The van der Waals surface area contributed by atoms with E-state index >= 15 is 0 Å². The van der Waals surface area contributed by atoms with E-state index < -0.39 is 12.1 Å². The van der Waals surface area contributed by atoms with Crippen molar-refractivity contribution in [2.24, 2.45) is 5.92 Å². The van der Waals surface area contributed by atoms with Crippen molar-refractivity contribution in [3.8, 4) is 0 Å². The topological polar surface area (TPSA) is 89.0 Å². The number of aliphatic carboxylic acids is 1. The van der Waals surface area contributed by atoms with Crippen LogP contribution in [0.3, 0.4) is 0 Å². The Balaban J connectivity index is 0.000000339. The van der Waals surface area contributed by atoms with Gasteiger partial charge in [0.25, 0.3) is 0 Å². The molecule has 2 saturated heterocycles. The van der Waals surface area contributed by atoms with E-state index in [1.807, 2.05) is 24.2 Å². The van der Waals surface area contributed by atoms with Crippen molar-refractivity contribution in [1.82, 2.24) is 9.88 Å². The van der Waals surface area contributed by atoms with E-state index in [1.165, 1.54) is 6.42 Å². The summed E-state index contributed by atoms with van der Waals surface area (Å²) in [5.74, 6) is -2.14. The smallest absolute Gasteiger partial charge is 0.475 e. The number of ether oxygens (including phenoxy) is 2. The summed E-state index contributed by atoms with van der Waals surface area (Å²) < 4.78 is 43.9. The van der Waals surface area contributed by atoms with Crippen LogP contribution in [0, 0.1) is 12.8 Å². The van der Waals surface area contributed by atoms with Crippen molar-refractivity contribution < 1.29 is 37.3 Å². The number of hydrogen-bond acceptors (Lipinski definition) is 5. The molecule has 1 aliphatic carbocycles. The first-order chi connectivity index (χ1) is 14.6. The number of alkyl halides is 3. The minimum Gasteiger partial charge on any atom is -0.475 e. The second-order valence-corrected chi connectivity index (χ2v) is 8.45. The second-order valence-electron chi connectivity index (χ2n) is 8.45. The Kier molecular flexibility index (Phi) is 7.20. The zero-order valence-corrected chi connectivity index (χ0v) is 17.4. The summed E-state index contributed by atoms with van der Waals surface area (Å²) in [6.07, 6.45) is 4.01. The van der Waals surface area contributed by atoms with Gasteiger partial charge in [-0.15, -0.1) is 0 Å². The maximum Gasteiger partial charge on any atom is 0.490 e. The lowest BCUT2D eigenvalue weighted by atomic mass is 9.80. The third kappa shape index (κ3) is 6.16. The molecule has 1 amide bonds. The molecule has 1 aromatic heterocycles. The maximum absolute atomic E-state index is 12.3. The number of carbonyl (C=O) groups excluding carboxylic acids is 1. The van der Waals surface area contributed by atoms with E-state index in [1.54, 1.807) is 0 Å². The fourth-order valence-corrected chi connectivity index (χ4v) is 3.97. The molecule has 1 aromatic rings. The lowest BCUT2D eigenvalue weighted by Gasteiger charge is -2.54. The number of hydrogen-bond donors (Lipinski definition) is 1. The molecule has 3 fully saturated rings. The standard InChI is InChI=1S/C19H26N2O3.C2HF3O2/c1-14-7-15(10-20-9-14)11-23-17-5-6-24-19(8-17)12-21(13-19)18(22)16-3-2-4-16;3-2(4,5)1(6)7/h7,9-10,16-17H,2-6,8,11-13H2,1H3;(H,6,7). The zero-order valence-electron chi connectivity index (χ0n) is 17.4. The molecule has 1 spiro atoms. The van der Waals surface area contributed by atoms with Crippen molar-refractivity contribution in [3.63, 3.8) is 0 Å². The highest BCUT2D eigenvalue weighted by atomic mass is 19.4. The molecule has 172 valence electrons. The summed E-state index contributed by atoms with van der Waals surface area (Å²) in [6.45, 7) is 4.85. The van der Waals surface area contributed by atoms with Gasteiger partial charge in [-0.1, -0.05) is 12.5 Å². The largest absolute Gasteiger partial charge is 0.490 e. The molecular weight excluding hydrogens is 417 g/mol. The maximum atomic E-state index is 12.3. The van der Waals surface area contributed by atoms with Gasteiger partial charge in [0.1, 0.15) is 5.60 Å². The second kappa shape index (κ2) is 9.52. The van der Waals surface area contributed by atoms with Crippen LogP contribution < -0.4 is 0 Å². The van der Waals surface area contributed by atoms with E-state index in [2.05, 4.69) is 11.1 Å². The summed E-state index contributed by atoms with van der Waals surface area (Å²) in [5, 5.41) is 7.12. The lowest BCUT2D eigenvalue weighted by molar-refractivity contribution is -0.205. The van der Waals surface area contributed by atoms with Gasteiger partial charge in [-0.25, -0.2) is 4.79 Å². The highest BCUT2D eigenvalue weighted by Gasteiger charge is 2.50. The van der Waals surface area contributed by atoms with Crippen molar-refractivity contribution in [2.45, 2.75) is 63.5 Å². The molecule has 1 saturated carbocycles. The number of halogens is 3. The minimum atomic E-state index is -5.08. The van der Waals surface area contributed by atoms with E-state index in [-0.39, 0.29) is 17.6 Å². The fraction of sp³-hybridized carbons (Fsp3) is 0.667. The Morgan fingerprint density at radius 2 is 1.97 bits per heavy atom. The number of aromatic nitrogens is 1. The molecule has 0 aromatic carbocycles. The van der Waals surface area contributed by atoms with Gasteiger partial charge in [0, 0.05) is 31.3 Å². The number of amides is 1. The number of likely N-dealkylation sites (tertiary alicyclic amines) is 1. The van der Waals surface area contributed by atoms with E-state index in [4.69, 9.17) is 19.4 Å². The Labute approximate surface area is 178 Å². The number of aryl methyl sites for hydroxylation is 1. The highest BCUT2D eigenvalue weighted by Crippen LogP contribution is 2.38. The van der Waals surface area contributed by atoms with Gasteiger partial charge in [0.2, 0.25) is 5.91 Å². The van der Waals surface area contributed by atoms with E-state index in [0.29, 0.717) is 12.5 Å². The predicted octanol–water partition coefficient (Wildman–Crippen LogP) is 3.10. The molecule has 4 rings (SSSR count). The van der Waals surface area contributed by atoms with Crippen LogP contribution >= 0.6 is 0 Å². The van der Waals surface area contributed by atoms with Crippen molar-refractivity contribution in [1.29, 1.82) is 0 Å². The van der Waals surface area contributed by atoms with Crippen LogP contribution in [0.1, 0.15) is 43.2 Å². The number of pyridine rings is 1. The third-order valence-corrected chi connectivity index (χ3v) is 5.83. The van der Waals surface area contributed by atoms with Crippen LogP contribution in [-0.2, 0) is 25.7 Å². The molecule has 7 nitrogen and oxygen atoms in total. The van der Waals surface area contributed by atoms with Gasteiger partial charge < -0.3 is 19.5 Å². The van der Waals surface area contributed by atoms with Crippen LogP contribution in [0.2, 0.25) is 0 Å². The molecule has 2 aliphatic heterocycles. The first-order valence-electron chi connectivity index (χ1n) is 10.3. The summed E-state index contributed by atoms with van der Waals surface area (Å²) in [4.78, 5) is 27.4. The molecule has 0 bridgehead atoms. The average molecular weight is 444 g/mol. The van der Waals surface area contributed by atoms with Crippen molar-refractivity contribution >= 4 is 11.9 Å². The van der Waals surface area contributed by atoms with E-state index in [9.17, 15) is 18.0 Å². The number of nitrogens with zero attached hydrogens (tertiary/aromatic N) is 2. The van der Waals surface area contributed by atoms with Crippen LogP contribution in [0.5, 0.6) is 0 Å². The van der Waals surface area contributed by atoms with Crippen LogP contribution in [0.15, 0.2) is 18.5 Å². The molecule has 10 heteroatoms. The number of carbonyl (C=O) groups is 2. The number of carboxylic acid groups (broad SMARTS) is 1. The minimum absolute atomic E-state index is 0.160. The quantitative estimate of drug-likeness (QED) is 0.768. The van der Waals surface area contributed by atoms with Gasteiger partial charge in [-0.2, -0.15) is 13.2 Å². The average Bonchev–Trinajstić information content (AvgIpc) is 2.63. The molecule has 1 unspecified atom stereocenters. The Morgan fingerprint density at radius 3 is 2.52 bits per heavy atom. The zero-order chi connectivity index (χ0) is 22.6. The normalized spacial score (nSPS) is 22.7. The Hall–Kier alpha value is -2.20. The first-order valence-corrected chi connectivity index (χ1v) is 10.3. The summed E-state index contributed by atoms with van der Waals surface area (Å²) in [7, 11) is 0. The molecule has 31 heavy (non-hydrogen) atoms. The third-order valence-electron chi connectivity index (χ3n) is 5.83. The summed E-state index contributed by atoms with van der Waals surface area (Å²) in [6, 6.07) is 2.12. The number of carboxylic acids is 1. The van der Waals surface area contributed by atoms with Crippen LogP contribution in [0.25, 0.3) is 0 Å². The van der Waals surface area contributed by atoms with Gasteiger partial charge in [-0.05, 0) is 37.3 Å². The van der Waals surface area contributed by atoms with Crippen LogP contribution in [-0.4, -0.2) is 64.4 Å². The predicted molar refractivity (Wildman–Crippen MR) is 103 cm³/mol. The summed E-state index contributed by atoms with van der Waals surface area (Å²) >= 11 is 0. The van der Waals surface area contributed by atoms with Crippen LogP contribution in [0.4, 0.5) is 13.2 Å². The molecular formula is C21H27F3N2O5. The van der Waals surface area contributed by atoms with E-state index in [0.717, 1.165) is 56.5 Å². The fourth-order valence-electron chi connectivity index (χ4n) is 3.97. The molecule has 3 heterocycles. The number of rotatable bonds is 4. The van der Waals surface area contributed by atoms with Gasteiger partial charge in [0.05, 0.1) is 25.8 Å². The lowest BCUT2D eigenvalue weighted by Crippen LogP contribution is -2.68.